The Morgan fingerprint density at radius 1 is 1.24 bits per heavy atom. The molecular weight excluding hydrogens is 238 g/mol. The van der Waals surface area contributed by atoms with E-state index in [2.05, 4.69) is 5.32 Å². The number of nitrogens with two attached hydrogens (primary N) is 1. The van der Waals surface area contributed by atoms with Crippen LogP contribution in [0.15, 0.2) is 0 Å². The number of piperazine rings is 1. The maximum Gasteiger partial charge on any atom is 0.217 e. The van der Waals surface area contributed by atoms with Gasteiger partial charge < -0.3 is 11.1 Å². The van der Waals surface area contributed by atoms with Crippen molar-refractivity contribution in [1.29, 1.82) is 0 Å². The first-order valence-electron chi connectivity index (χ1n) is 6.57. The number of hydrogen-bond acceptors (Lipinski definition) is 4. The van der Waals surface area contributed by atoms with Crippen molar-refractivity contribution >= 4 is 10.0 Å². The molecule has 0 amide bonds. The lowest BCUT2D eigenvalue weighted by Crippen LogP contribution is -2.58. The van der Waals surface area contributed by atoms with E-state index in [0.717, 1.165) is 32.2 Å². The van der Waals surface area contributed by atoms with Gasteiger partial charge in [-0.15, -0.1) is 0 Å². The quantitative estimate of drug-likeness (QED) is 0.743. The third-order valence-electron chi connectivity index (χ3n) is 3.87. The molecule has 1 saturated heterocycles. The largest absolute Gasteiger partial charge is 0.329 e. The monoisotopic (exact) mass is 261 g/mol. The normalized spacial score (nSPS) is 29.4. The zero-order chi connectivity index (χ0) is 12.3. The van der Waals surface area contributed by atoms with Gasteiger partial charge in [0.2, 0.25) is 10.0 Å². The van der Waals surface area contributed by atoms with Gasteiger partial charge in [-0.25, -0.2) is 8.42 Å². The summed E-state index contributed by atoms with van der Waals surface area (Å²) in [7, 11) is -3.13. The first-order chi connectivity index (χ1) is 8.16. The second-order valence-electron chi connectivity index (χ2n) is 5.01. The number of nitrogens with zero attached hydrogens (tertiary/aromatic N) is 1. The van der Waals surface area contributed by atoms with Crippen LogP contribution in [0.5, 0.6) is 0 Å². The minimum absolute atomic E-state index is 0.0596. The van der Waals surface area contributed by atoms with Gasteiger partial charge in [-0.1, -0.05) is 19.3 Å². The van der Waals surface area contributed by atoms with Crippen molar-refractivity contribution < 1.29 is 8.42 Å². The summed E-state index contributed by atoms with van der Waals surface area (Å²) in [5, 5.41) is 3.04. The van der Waals surface area contributed by atoms with Gasteiger partial charge in [-0.3, -0.25) is 0 Å². The third kappa shape index (κ3) is 2.81. The Kier molecular flexibility index (Phi) is 4.41. The Bertz CT molecular complexity index is 339. The first kappa shape index (κ1) is 13.3. The Labute approximate surface area is 104 Å². The van der Waals surface area contributed by atoms with Crippen molar-refractivity contribution in [3.8, 4) is 0 Å². The molecule has 0 aromatic carbocycles. The molecule has 100 valence electrons. The Morgan fingerprint density at radius 2 is 1.94 bits per heavy atom. The molecule has 1 unspecified atom stereocenters. The van der Waals surface area contributed by atoms with Crippen LogP contribution in [-0.4, -0.2) is 50.2 Å². The Balaban J connectivity index is 2.11. The summed E-state index contributed by atoms with van der Waals surface area (Å²) in [6, 6.07) is -0.0596. The third-order valence-corrected chi connectivity index (χ3v) is 6.32. The van der Waals surface area contributed by atoms with E-state index in [9.17, 15) is 8.42 Å². The molecule has 2 fully saturated rings. The van der Waals surface area contributed by atoms with Gasteiger partial charge in [0, 0.05) is 32.2 Å². The minimum Gasteiger partial charge on any atom is -0.329 e. The second kappa shape index (κ2) is 5.65. The molecule has 1 saturated carbocycles. The highest BCUT2D eigenvalue weighted by atomic mass is 32.2. The summed E-state index contributed by atoms with van der Waals surface area (Å²) >= 11 is 0. The van der Waals surface area contributed by atoms with Crippen LogP contribution in [0.4, 0.5) is 0 Å². The molecule has 1 aliphatic heterocycles. The molecule has 1 heterocycles. The van der Waals surface area contributed by atoms with Crippen molar-refractivity contribution in [3.63, 3.8) is 0 Å². The average Bonchev–Trinajstić information content (AvgIpc) is 2.39. The van der Waals surface area contributed by atoms with E-state index in [4.69, 9.17) is 5.73 Å². The summed E-state index contributed by atoms with van der Waals surface area (Å²) in [6.45, 7) is 2.39. The van der Waals surface area contributed by atoms with Gasteiger partial charge in [-0.2, -0.15) is 4.31 Å². The molecule has 2 aliphatic rings. The average molecular weight is 261 g/mol. The molecule has 0 aromatic heterocycles. The molecule has 2 rings (SSSR count). The zero-order valence-corrected chi connectivity index (χ0v) is 11.1. The molecule has 3 N–H and O–H groups in total. The molecule has 0 spiro atoms. The molecule has 17 heavy (non-hydrogen) atoms. The van der Waals surface area contributed by atoms with Gasteiger partial charge in [0.25, 0.3) is 0 Å². The summed E-state index contributed by atoms with van der Waals surface area (Å²) in [5.41, 5.74) is 5.67. The molecule has 6 heteroatoms. The van der Waals surface area contributed by atoms with Gasteiger partial charge in [0.15, 0.2) is 0 Å². The summed E-state index contributed by atoms with van der Waals surface area (Å²) < 4.78 is 26.8. The topological polar surface area (TPSA) is 75.4 Å². The minimum atomic E-state index is -3.13. The molecule has 0 bridgehead atoms. The number of nitrogens with one attached hydrogen (secondary N) is 1. The predicted molar refractivity (Wildman–Crippen MR) is 68.2 cm³/mol. The summed E-state index contributed by atoms with van der Waals surface area (Å²) in [6.07, 6.45) is 4.91. The van der Waals surface area contributed by atoms with Crippen LogP contribution in [0.2, 0.25) is 0 Å². The molecular formula is C11H23N3O2S. The van der Waals surface area contributed by atoms with Crippen LogP contribution in [0.25, 0.3) is 0 Å². The standard InChI is InChI=1S/C11H23N3O2S/c12-8-10-9-13-6-7-14(10)17(15,16)11-4-2-1-3-5-11/h10-11,13H,1-9,12H2. The lowest BCUT2D eigenvalue weighted by atomic mass is 10.0. The van der Waals surface area contributed by atoms with Crippen LogP contribution in [0, 0.1) is 0 Å². The molecule has 1 aliphatic carbocycles. The molecule has 5 nitrogen and oxygen atoms in total. The fraction of sp³-hybridized carbons (Fsp3) is 1.00. The highest BCUT2D eigenvalue weighted by Crippen LogP contribution is 2.27. The molecule has 1 atom stereocenters. The lowest BCUT2D eigenvalue weighted by Gasteiger charge is -2.37. The van der Waals surface area contributed by atoms with Crippen LogP contribution in [0.3, 0.4) is 0 Å². The number of rotatable bonds is 3. The van der Waals surface area contributed by atoms with Crippen LogP contribution >= 0.6 is 0 Å². The van der Waals surface area contributed by atoms with E-state index in [1.165, 1.54) is 6.42 Å². The SMILES string of the molecule is NCC1CNCCN1S(=O)(=O)C1CCCCC1. The van der Waals surface area contributed by atoms with Crippen molar-refractivity contribution in [3.05, 3.63) is 0 Å². The smallest absolute Gasteiger partial charge is 0.217 e. The zero-order valence-electron chi connectivity index (χ0n) is 10.3. The lowest BCUT2D eigenvalue weighted by molar-refractivity contribution is 0.266. The predicted octanol–water partition coefficient (Wildman–Crippen LogP) is -0.119. The fourth-order valence-corrected chi connectivity index (χ4v) is 5.07. The van der Waals surface area contributed by atoms with E-state index in [0.29, 0.717) is 19.6 Å². The van der Waals surface area contributed by atoms with E-state index in [1.54, 1.807) is 4.31 Å². The maximum atomic E-state index is 12.6. The van der Waals surface area contributed by atoms with Crippen molar-refractivity contribution in [1.82, 2.24) is 9.62 Å². The number of hydrogen-bond donors (Lipinski definition) is 2. The second-order valence-corrected chi connectivity index (χ2v) is 7.17. The van der Waals surface area contributed by atoms with Crippen molar-refractivity contribution in [2.75, 3.05) is 26.2 Å². The van der Waals surface area contributed by atoms with Crippen LogP contribution < -0.4 is 11.1 Å². The van der Waals surface area contributed by atoms with Crippen LogP contribution in [0.1, 0.15) is 32.1 Å². The van der Waals surface area contributed by atoms with Gasteiger partial charge >= 0.3 is 0 Å². The Hall–Kier alpha value is -0.170. The van der Waals surface area contributed by atoms with Gasteiger partial charge in [0.05, 0.1) is 5.25 Å². The molecule has 0 aromatic rings. The van der Waals surface area contributed by atoms with E-state index in [1.807, 2.05) is 0 Å². The van der Waals surface area contributed by atoms with Gasteiger partial charge in [0.1, 0.15) is 0 Å². The summed E-state index contributed by atoms with van der Waals surface area (Å²) in [5.74, 6) is 0. The van der Waals surface area contributed by atoms with Crippen molar-refractivity contribution in [2.24, 2.45) is 5.73 Å². The van der Waals surface area contributed by atoms with Gasteiger partial charge in [-0.05, 0) is 12.8 Å². The Morgan fingerprint density at radius 3 is 2.59 bits per heavy atom. The van der Waals surface area contributed by atoms with E-state index < -0.39 is 10.0 Å². The molecule has 0 radical (unpaired) electrons. The first-order valence-corrected chi connectivity index (χ1v) is 8.08. The van der Waals surface area contributed by atoms with E-state index in [-0.39, 0.29) is 11.3 Å². The van der Waals surface area contributed by atoms with E-state index >= 15 is 0 Å². The highest BCUT2D eigenvalue weighted by Gasteiger charge is 2.37. The maximum absolute atomic E-state index is 12.6. The van der Waals surface area contributed by atoms with Crippen LogP contribution in [-0.2, 0) is 10.0 Å². The van der Waals surface area contributed by atoms with Crippen molar-refractivity contribution in [2.45, 2.75) is 43.4 Å². The number of sulfonamides is 1. The highest BCUT2D eigenvalue weighted by molar-refractivity contribution is 7.89. The summed E-state index contributed by atoms with van der Waals surface area (Å²) in [4.78, 5) is 0. The fourth-order valence-electron chi connectivity index (χ4n) is 2.83.